The molecular formula is C6H12N2O. The molecule has 0 radical (unpaired) electrons. The van der Waals surface area contributed by atoms with Gasteiger partial charge in [0.1, 0.15) is 0 Å². The molecule has 0 saturated carbocycles. The number of likely N-dealkylation sites (N-methyl/N-ethyl adjacent to an activating group) is 1. The van der Waals surface area contributed by atoms with Gasteiger partial charge in [-0.25, -0.2) is 0 Å². The Bertz CT molecular complexity index is 135. The second-order valence-electron chi connectivity index (χ2n) is 2.67. The number of nitrogens with zero attached hydrogens (tertiary/aromatic N) is 1. The molecule has 2 N–H and O–H groups in total. The van der Waals surface area contributed by atoms with Crippen LogP contribution in [0.4, 0.5) is 0 Å². The minimum absolute atomic E-state index is 0.000000000000000444. The first kappa shape index (κ1) is 6.55. The summed E-state index contributed by atoms with van der Waals surface area (Å²) in [6.45, 7) is 2.08. The van der Waals surface area contributed by atoms with Crippen LogP contribution < -0.4 is 5.73 Å². The lowest BCUT2D eigenvalue weighted by molar-refractivity contribution is -0.129. The number of carbonyl (C=O) groups is 1. The summed E-state index contributed by atoms with van der Waals surface area (Å²) in [5.41, 5.74) is 5.07. The van der Waals surface area contributed by atoms with Crippen LogP contribution in [0.1, 0.15) is 13.3 Å². The van der Waals surface area contributed by atoms with Gasteiger partial charge in [0.25, 0.3) is 0 Å². The molecule has 0 bridgehead atoms. The zero-order chi connectivity index (χ0) is 7.02. The summed E-state index contributed by atoms with van der Waals surface area (Å²) in [6.07, 6.45) is 0.922. The van der Waals surface area contributed by atoms with Crippen LogP contribution in [0.5, 0.6) is 0 Å². The molecule has 2 atom stereocenters. The minimum atomic E-state index is -0.199. The Kier molecular flexibility index (Phi) is 1.45. The molecule has 0 aromatic heterocycles. The summed E-state index contributed by atoms with van der Waals surface area (Å²) < 4.78 is 0. The maximum Gasteiger partial charge on any atom is 0.234 e. The molecule has 9 heavy (non-hydrogen) atoms. The van der Waals surface area contributed by atoms with Crippen molar-refractivity contribution in [1.29, 1.82) is 0 Å². The number of primary amides is 1. The second-order valence-corrected chi connectivity index (χ2v) is 2.67. The van der Waals surface area contributed by atoms with Gasteiger partial charge in [0.15, 0.2) is 0 Å². The van der Waals surface area contributed by atoms with Crippen molar-refractivity contribution in [3.8, 4) is 0 Å². The Morgan fingerprint density at radius 2 is 2.33 bits per heavy atom. The van der Waals surface area contributed by atoms with Gasteiger partial charge in [-0.3, -0.25) is 9.69 Å². The van der Waals surface area contributed by atoms with Crippen molar-refractivity contribution in [1.82, 2.24) is 4.90 Å². The number of amides is 1. The van der Waals surface area contributed by atoms with E-state index in [-0.39, 0.29) is 11.9 Å². The quantitative estimate of drug-likeness (QED) is 0.520. The van der Waals surface area contributed by atoms with Gasteiger partial charge in [-0.15, -0.1) is 0 Å². The first-order valence-corrected chi connectivity index (χ1v) is 3.14. The van der Waals surface area contributed by atoms with E-state index in [0.717, 1.165) is 6.42 Å². The zero-order valence-corrected chi connectivity index (χ0v) is 5.79. The summed E-state index contributed by atoms with van der Waals surface area (Å²) in [6, 6.07) is 0.530. The molecule has 1 aliphatic rings. The van der Waals surface area contributed by atoms with Gasteiger partial charge < -0.3 is 5.73 Å². The van der Waals surface area contributed by atoms with Crippen molar-refractivity contribution < 1.29 is 4.79 Å². The average molecular weight is 128 g/mol. The lowest BCUT2D eigenvalue weighted by Gasteiger charge is -2.42. The van der Waals surface area contributed by atoms with E-state index in [0.29, 0.717) is 6.04 Å². The standard InChI is InChI=1S/C6H12N2O/c1-4-3-5(6(7)9)8(4)2/h4-5H,3H2,1-2H3,(H2,7,9). The number of nitrogens with two attached hydrogens (primary N) is 1. The van der Waals surface area contributed by atoms with Crippen LogP contribution in [-0.2, 0) is 4.79 Å². The van der Waals surface area contributed by atoms with E-state index in [1.165, 1.54) is 0 Å². The summed E-state index contributed by atoms with van der Waals surface area (Å²) >= 11 is 0. The third-order valence-corrected chi connectivity index (χ3v) is 2.08. The fraction of sp³-hybridized carbons (Fsp3) is 0.833. The molecule has 1 saturated heterocycles. The first-order chi connectivity index (χ1) is 4.13. The largest absolute Gasteiger partial charge is 0.368 e. The second kappa shape index (κ2) is 1.99. The monoisotopic (exact) mass is 128 g/mol. The van der Waals surface area contributed by atoms with E-state index in [2.05, 4.69) is 6.92 Å². The topological polar surface area (TPSA) is 46.3 Å². The lowest BCUT2D eigenvalue weighted by Crippen LogP contribution is -2.57. The van der Waals surface area contributed by atoms with Gasteiger partial charge in [-0.05, 0) is 20.4 Å². The van der Waals surface area contributed by atoms with Crippen LogP contribution in [0.25, 0.3) is 0 Å². The Hall–Kier alpha value is -0.570. The van der Waals surface area contributed by atoms with Gasteiger partial charge >= 0.3 is 0 Å². The third kappa shape index (κ3) is 0.920. The molecule has 1 rings (SSSR count). The lowest BCUT2D eigenvalue weighted by atomic mass is 9.95. The molecule has 1 heterocycles. The van der Waals surface area contributed by atoms with Crippen LogP contribution in [0.15, 0.2) is 0 Å². The van der Waals surface area contributed by atoms with Gasteiger partial charge in [0, 0.05) is 6.04 Å². The average Bonchev–Trinajstić information content (AvgIpc) is 1.81. The van der Waals surface area contributed by atoms with Crippen molar-refractivity contribution in [3.05, 3.63) is 0 Å². The van der Waals surface area contributed by atoms with E-state index in [1.54, 1.807) is 0 Å². The molecule has 52 valence electrons. The van der Waals surface area contributed by atoms with Crippen LogP contribution >= 0.6 is 0 Å². The van der Waals surface area contributed by atoms with Crippen molar-refractivity contribution in [2.45, 2.75) is 25.4 Å². The minimum Gasteiger partial charge on any atom is -0.368 e. The molecule has 2 unspecified atom stereocenters. The molecule has 1 aliphatic heterocycles. The SMILES string of the molecule is CC1CC(C(N)=O)N1C. The van der Waals surface area contributed by atoms with Gasteiger partial charge in [-0.2, -0.15) is 0 Å². The Balaban J connectivity index is 2.42. The number of rotatable bonds is 1. The number of carbonyl (C=O) groups excluding carboxylic acids is 1. The smallest absolute Gasteiger partial charge is 0.234 e. The van der Waals surface area contributed by atoms with E-state index < -0.39 is 0 Å². The molecule has 3 nitrogen and oxygen atoms in total. The Morgan fingerprint density at radius 1 is 1.78 bits per heavy atom. The van der Waals surface area contributed by atoms with E-state index >= 15 is 0 Å². The fourth-order valence-electron chi connectivity index (χ4n) is 1.14. The van der Waals surface area contributed by atoms with Gasteiger partial charge in [0.2, 0.25) is 5.91 Å². The first-order valence-electron chi connectivity index (χ1n) is 3.14. The molecule has 0 aromatic carbocycles. The predicted molar refractivity (Wildman–Crippen MR) is 34.8 cm³/mol. The molecule has 3 heteroatoms. The highest BCUT2D eigenvalue weighted by Crippen LogP contribution is 2.21. The molecule has 1 amide bonds. The highest BCUT2D eigenvalue weighted by atomic mass is 16.1. The maximum absolute atomic E-state index is 10.5. The highest BCUT2D eigenvalue weighted by Gasteiger charge is 2.35. The summed E-state index contributed by atoms with van der Waals surface area (Å²) in [5.74, 6) is -0.199. The maximum atomic E-state index is 10.5. The van der Waals surface area contributed by atoms with Crippen LogP contribution in [0.3, 0.4) is 0 Å². The number of likely N-dealkylation sites (tertiary alicyclic amines) is 1. The summed E-state index contributed by atoms with van der Waals surface area (Å²) in [5, 5.41) is 0. The number of hydrogen-bond donors (Lipinski definition) is 1. The normalized spacial score (nSPS) is 35.8. The van der Waals surface area contributed by atoms with Gasteiger partial charge in [0.05, 0.1) is 6.04 Å². The summed E-state index contributed by atoms with van der Waals surface area (Å²) in [4.78, 5) is 12.5. The molecule has 0 aliphatic carbocycles. The van der Waals surface area contributed by atoms with Crippen LogP contribution in [0.2, 0.25) is 0 Å². The van der Waals surface area contributed by atoms with E-state index in [1.807, 2.05) is 11.9 Å². The molecular weight excluding hydrogens is 116 g/mol. The van der Waals surface area contributed by atoms with Crippen molar-refractivity contribution in [2.75, 3.05) is 7.05 Å². The van der Waals surface area contributed by atoms with Crippen molar-refractivity contribution in [3.63, 3.8) is 0 Å². The molecule has 0 aromatic rings. The van der Waals surface area contributed by atoms with Crippen LogP contribution in [0, 0.1) is 0 Å². The van der Waals surface area contributed by atoms with E-state index in [4.69, 9.17) is 5.73 Å². The van der Waals surface area contributed by atoms with Crippen molar-refractivity contribution >= 4 is 5.91 Å². The Labute approximate surface area is 54.8 Å². The Morgan fingerprint density at radius 3 is 2.44 bits per heavy atom. The van der Waals surface area contributed by atoms with Crippen LogP contribution in [-0.4, -0.2) is 29.9 Å². The third-order valence-electron chi connectivity index (χ3n) is 2.08. The van der Waals surface area contributed by atoms with Gasteiger partial charge in [-0.1, -0.05) is 0 Å². The molecule has 1 fully saturated rings. The van der Waals surface area contributed by atoms with Crippen molar-refractivity contribution in [2.24, 2.45) is 5.73 Å². The van der Waals surface area contributed by atoms with E-state index in [9.17, 15) is 4.79 Å². The zero-order valence-electron chi connectivity index (χ0n) is 5.79. The fourth-order valence-corrected chi connectivity index (χ4v) is 1.14. The predicted octanol–water partition coefficient (Wildman–Crippen LogP) is -0.436. The number of hydrogen-bond acceptors (Lipinski definition) is 2. The highest BCUT2D eigenvalue weighted by molar-refractivity contribution is 5.80. The summed E-state index contributed by atoms with van der Waals surface area (Å²) in [7, 11) is 1.92. The molecule has 0 spiro atoms.